The Morgan fingerprint density at radius 1 is 1.31 bits per heavy atom. The molecule has 0 heterocycles. The first-order chi connectivity index (χ1) is 7.92. The van der Waals surface area contributed by atoms with Crippen LogP contribution in [0.15, 0.2) is 23.2 Å². The third-order valence-corrected chi connectivity index (χ3v) is 3.01. The van der Waals surface area contributed by atoms with Crippen LogP contribution >= 0.6 is 12.2 Å². The van der Waals surface area contributed by atoms with E-state index in [4.69, 9.17) is 4.74 Å². The largest absolute Gasteiger partial charge is 0.491 e. The van der Waals surface area contributed by atoms with E-state index in [1.165, 1.54) is 30.4 Å². The quantitative estimate of drug-likeness (QED) is 0.453. The van der Waals surface area contributed by atoms with Crippen molar-refractivity contribution in [3.8, 4) is 5.75 Å². The number of nitrogens with zero attached hydrogens (tertiary/aromatic N) is 1. The highest BCUT2D eigenvalue weighted by Gasteiger charge is 2.13. The van der Waals surface area contributed by atoms with Gasteiger partial charge in [0, 0.05) is 0 Å². The summed E-state index contributed by atoms with van der Waals surface area (Å²) in [5, 5.41) is 2.34. The maximum atomic E-state index is 5.73. The van der Waals surface area contributed by atoms with E-state index in [2.05, 4.69) is 34.5 Å². The van der Waals surface area contributed by atoms with Crippen LogP contribution in [0.5, 0.6) is 5.75 Å². The number of fused-ring (bicyclic) bond motifs is 1. The molecule has 16 heavy (non-hydrogen) atoms. The normalized spacial score (nSPS) is 13.8. The third kappa shape index (κ3) is 2.69. The van der Waals surface area contributed by atoms with Crippen molar-refractivity contribution in [2.75, 3.05) is 13.2 Å². The molecule has 1 aliphatic carbocycles. The fourth-order valence-corrected chi connectivity index (χ4v) is 2.22. The standard InChI is InChI=1S/C13H15NOS/c16-10-14-8-9-15-13-7-3-5-11-4-1-2-6-12(11)13/h3,5,7H,1-2,4,6,8-9H2. The second-order valence-corrected chi connectivity index (χ2v) is 4.10. The van der Waals surface area contributed by atoms with E-state index in [0.717, 1.165) is 12.2 Å². The predicted octanol–water partition coefficient (Wildman–Crippen LogP) is 3.05. The summed E-state index contributed by atoms with van der Waals surface area (Å²) < 4.78 is 5.73. The molecule has 2 nitrogen and oxygen atoms in total. The van der Waals surface area contributed by atoms with Gasteiger partial charge in [0.15, 0.2) is 0 Å². The van der Waals surface area contributed by atoms with Crippen molar-refractivity contribution >= 4 is 17.4 Å². The van der Waals surface area contributed by atoms with E-state index in [0.29, 0.717) is 13.2 Å². The Kier molecular flexibility index (Phi) is 4.09. The lowest BCUT2D eigenvalue weighted by atomic mass is 9.91. The number of aryl methyl sites for hydroxylation is 1. The highest BCUT2D eigenvalue weighted by atomic mass is 32.1. The van der Waals surface area contributed by atoms with Gasteiger partial charge < -0.3 is 4.74 Å². The molecule has 0 atom stereocenters. The monoisotopic (exact) mass is 233 g/mol. The molecule has 0 spiro atoms. The molecule has 0 aromatic heterocycles. The summed E-state index contributed by atoms with van der Waals surface area (Å²) in [7, 11) is 0. The second-order valence-electron chi connectivity index (χ2n) is 3.92. The van der Waals surface area contributed by atoms with Crippen molar-refractivity contribution in [1.29, 1.82) is 0 Å². The molecule has 84 valence electrons. The summed E-state index contributed by atoms with van der Waals surface area (Å²) in [4.78, 5) is 3.84. The van der Waals surface area contributed by atoms with Gasteiger partial charge in [-0.1, -0.05) is 12.1 Å². The number of hydrogen-bond acceptors (Lipinski definition) is 3. The van der Waals surface area contributed by atoms with Crippen LogP contribution in [0, 0.1) is 0 Å². The lowest BCUT2D eigenvalue weighted by molar-refractivity contribution is 0.324. The molecule has 0 aliphatic heterocycles. The Morgan fingerprint density at radius 2 is 2.19 bits per heavy atom. The molecule has 1 aliphatic rings. The molecule has 1 aromatic carbocycles. The van der Waals surface area contributed by atoms with Crippen molar-refractivity contribution in [2.45, 2.75) is 25.7 Å². The first-order valence-corrected chi connectivity index (χ1v) is 6.10. The van der Waals surface area contributed by atoms with Crippen LogP contribution in [0.25, 0.3) is 0 Å². The molecule has 2 rings (SSSR count). The topological polar surface area (TPSA) is 21.6 Å². The maximum Gasteiger partial charge on any atom is 0.122 e. The molecule has 0 bridgehead atoms. The minimum atomic E-state index is 0.583. The highest BCUT2D eigenvalue weighted by molar-refractivity contribution is 7.78. The summed E-state index contributed by atoms with van der Waals surface area (Å²) in [6.45, 7) is 1.17. The van der Waals surface area contributed by atoms with Crippen LogP contribution in [0.1, 0.15) is 24.0 Å². The van der Waals surface area contributed by atoms with E-state index in [1.54, 1.807) is 0 Å². The smallest absolute Gasteiger partial charge is 0.122 e. The third-order valence-electron chi connectivity index (χ3n) is 2.88. The molecule has 0 amide bonds. The highest BCUT2D eigenvalue weighted by Crippen LogP contribution is 2.29. The lowest BCUT2D eigenvalue weighted by Crippen LogP contribution is -2.08. The van der Waals surface area contributed by atoms with Gasteiger partial charge in [-0.3, -0.25) is 0 Å². The Hall–Kier alpha value is -1.18. The van der Waals surface area contributed by atoms with Gasteiger partial charge >= 0.3 is 0 Å². The van der Waals surface area contributed by atoms with E-state index < -0.39 is 0 Å². The zero-order chi connectivity index (χ0) is 11.2. The average Bonchev–Trinajstić information content (AvgIpc) is 2.35. The minimum Gasteiger partial charge on any atom is -0.491 e. The molecule has 0 saturated carbocycles. The molecule has 0 N–H and O–H groups in total. The molecule has 0 radical (unpaired) electrons. The van der Waals surface area contributed by atoms with E-state index >= 15 is 0 Å². The van der Waals surface area contributed by atoms with Crippen molar-refractivity contribution in [3.05, 3.63) is 29.3 Å². The van der Waals surface area contributed by atoms with Gasteiger partial charge in [-0.2, -0.15) is 0 Å². The number of ether oxygens (including phenoxy) is 1. The summed E-state index contributed by atoms with van der Waals surface area (Å²) in [6.07, 6.45) is 4.89. The Balaban J connectivity index is 2.05. The summed E-state index contributed by atoms with van der Waals surface area (Å²) >= 11 is 4.51. The zero-order valence-corrected chi connectivity index (χ0v) is 10.1. The second kappa shape index (κ2) is 5.78. The van der Waals surface area contributed by atoms with Gasteiger partial charge in [0.2, 0.25) is 0 Å². The molecule has 3 heteroatoms. The predicted molar refractivity (Wildman–Crippen MR) is 68.5 cm³/mol. The van der Waals surface area contributed by atoms with Crippen LogP contribution in [0.2, 0.25) is 0 Å². The summed E-state index contributed by atoms with van der Waals surface area (Å²) in [6, 6.07) is 6.32. The first-order valence-electron chi connectivity index (χ1n) is 5.69. The van der Waals surface area contributed by atoms with Crippen molar-refractivity contribution in [2.24, 2.45) is 4.99 Å². The van der Waals surface area contributed by atoms with Gasteiger partial charge in [-0.25, -0.2) is 4.99 Å². The maximum absolute atomic E-state index is 5.73. The van der Waals surface area contributed by atoms with Crippen LogP contribution in [-0.2, 0) is 12.8 Å². The van der Waals surface area contributed by atoms with Crippen molar-refractivity contribution < 1.29 is 4.74 Å². The fourth-order valence-electron chi connectivity index (χ4n) is 2.13. The van der Waals surface area contributed by atoms with Crippen LogP contribution < -0.4 is 4.74 Å². The number of rotatable bonds is 4. The van der Waals surface area contributed by atoms with E-state index in [-0.39, 0.29) is 0 Å². The Labute approximate surface area is 101 Å². The van der Waals surface area contributed by atoms with Crippen LogP contribution in [0.3, 0.4) is 0 Å². The van der Waals surface area contributed by atoms with E-state index in [9.17, 15) is 0 Å². The SMILES string of the molecule is S=C=NCCOc1cccc2c1CCCC2. The number of aliphatic imine (C=N–C) groups is 1. The van der Waals surface area contributed by atoms with Gasteiger partial charge in [0.1, 0.15) is 12.4 Å². The number of isothiocyanates is 1. The van der Waals surface area contributed by atoms with Gasteiger partial charge in [0.05, 0.1) is 11.7 Å². The summed E-state index contributed by atoms with van der Waals surface area (Å²) in [5.74, 6) is 1.02. The molecule has 0 saturated heterocycles. The van der Waals surface area contributed by atoms with Crippen molar-refractivity contribution in [3.63, 3.8) is 0 Å². The first kappa shape index (κ1) is 11.3. The fraction of sp³-hybridized carbons (Fsp3) is 0.462. The number of benzene rings is 1. The van der Waals surface area contributed by atoms with Crippen LogP contribution in [-0.4, -0.2) is 18.3 Å². The Morgan fingerprint density at radius 3 is 3.06 bits per heavy atom. The average molecular weight is 233 g/mol. The molecule has 1 aromatic rings. The van der Waals surface area contributed by atoms with E-state index in [1.807, 2.05) is 6.07 Å². The zero-order valence-electron chi connectivity index (χ0n) is 9.24. The molecule has 0 fully saturated rings. The molecular weight excluding hydrogens is 218 g/mol. The lowest BCUT2D eigenvalue weighted by Gasteiger charge is -2.19. The van der Waals surface area contributed by atoms with Gasteiger partial charge in [-0.05, 0) is 55.1 Å². The van der Waals surface area contributed by atoms with Gasteiger partial charge in [0.25, 0.3) is 0 Å². The molecule has 0 unspecified atom stereocenters. The molecular formula is C13H15NOS. The minimum absolute atomic E-state index is 0.583. The van der Waals surface area contributed by atoms with Crippen LogP contribution in [0.4, 0.5) is 0 Å². The van der Waals surface area contributed by atoms with Gasteiger partial charge in [-0.15, -0.1) is 0 Å². The number of thiocarbonyl (C=S) groups is 1. The Bertz CT molecular complexity index is 410. The van der Waals surface area contributed by atoms with Crippen molar-refractivity contribution in [1.82, 2.24) is 0 Å². The number of hydrogen-bond donors (Lipinski definition) is 0. The summed E-state index contributed by atoms with van der Waals surface area (Å²) in [5.41, 5.74) is 2.84.